The van der Waals surface area contributed by atoms with Crippen LogP contribution in [0.4, 0.5) is 4.39 Å². The Hall–Kier alpha value is -2.06. The van der Waals surface area contributed by atoms with E-state index in [0.717, 1.165) is 30.2 Å². The van der Waals surface area contributed by atoms with Gasteiger partial charge in [-0.2, -0.15) is 11.8 Å². The molecule has 4 rings (SSSR count). The van der Waals surface area contributed by atoms with Gasteiger partial charge in [0.05, 0.1) is 6.04 Å². The summed E-state index contributed by atoms with van der Waals surface area (Å²) in [5, 5.41) is 1.82. The Morgan fingerprint density at radius 2 is 1.93 bits per heavy atom. The fourth-order valence-corrected chi connectivity index (χ4v) is 4.62. The summed E-state index contributed by atoms with van der Waals surface area (Å²) in [6.45, 7) is 2.00. The lowest BCUT2D eigenvalue weighted by atomic mass is 10.0. The van der Waals surface area contributed by atoms with Crippen LogP contribution >= 0.6 is 11.8 Å². The van der Waals surface area contributed by atoms with Crippen LogP contribution in [0.15, 0.2) is 36.7 Å². The summed E-state index contributed by atoms with van der Waals surface area (Å²) >= 11 is 1.87. The van der Waals surface area contributed by atoms with Crippen molar-refractivity contribution < 1.29 is 14.0 Å². The van der Waals surface area contributed by atoms with Crippen LogP contribution in [0.3, 0.4) is 0 Å². The average molecular weight is 390 g/mol. The molecule has 2 unspecified atom stereocenters. The van der Waals surface area contributed by atoms with Crippen molar-refractivity contribution in [1.82, 2.24) is 20.2 Å². The maximum atomic E-state index is 13.1. The SMILES string of the molecule is O=C1C2CC(c3ccc(F)cc3)NN2C=CN1CCC(=O)N1CCSCC1. The summed E-state index contributed by atoms with van der Waals surface area (Å²) in [5.41, 5.74) is 4.25. The number of halogens is 1. The van der Waals surface area contributed by atoms with Crippen LogP contribution in [-0.4, -0.2) is 63.8 Å². The van der Waals surface area contributed by atoms with E-state index < -0.39 is 0 Å². The lowest BCUT2D eigenvalue weighted by Gasteiger charge is -2.32. The van der Waals surface area contributed by atoms with Crippen molar-refractivity contribution >= 4 is 23.6 Å². The molecule has 0 spiro atoms. The molecule has 8 heteroatoms. The molecule has 3 heterocycles. The van der Waals surface area contributed by atoms with Crippen LogP contribution in [0.2, 0.25) is 0 Å². The third-order valence-electron chi connectivity index (χ3n) is 5.28. The second kappa shape index (κ2) is 7.90. The minimum absolute atomic E-state index is 0.00314. The first-order valence-corrected chi connectivity index (χ1v) is 10.4. The Morgan fingerprint density at radius 1 is 1.19 bits per heavy atom. The Bertz CT molecular complexity index is 736. The zero-order valence-electron chi connectivity index (χ0n) is 15.0. The fraction of sp³-hybridized carbons (Fsp3) is 0.474. The molecule has 2 amide bonds. The summed E-state index contributed by atoms with van der Waals surface area (Å²) in [4.78, 5) is 28.7. The fourth-order valence-electron chi connectivity index (χ4n) is 3.72. The van der Waals surface area contributed by atoms with E-state index in [4.69, 9.17) is 0 Å². The number of carbonyl (C=O) groups is 2. The van der Waals surface area contributed by atoms with E-state index in [1.165, 1.54) is 12.1 Å². The van der Waals surface area contributed by atoms with E-state index >= 15 is 0 Å². The summed E-state index contributed by atoms with van der Waals surface area (Å²) in [6.07, 6.45) is 4.54. The van der Waals surface area contributed by atoms with Gasteiger partial charge < -0.3 is 14.8 Å². The predicted molar refractivity (Wildman–Crippen MR) is 102 cm³/mol. The molecule has 1 aromatic carbocycles. The first-order chi connectivity index (χ1) is 13.1. The standard InChI is InChI=1S/C19H23FN4O2S/c20-15-3-1-14(2-4-15)16-13-17-19(26)23(7-8-24(17)21-16)6-5-18(25)22-9-11-27-12-10-22/h1-4,7-8,16-17,21H,5-6,9-13H2. The quantitative estimate of drug-likeness (QED) is 0.849. The molecule has 2 saturated heterocycles. The van der Waals surface area contributed by atoms with Gasteiger partial charge in [0.2, 0.25) is 5.91 Å². The molecule has 0 saturated carbocycles. The Labute approximate surface area is 162 Å². The van der Waals surface area contributed by atoms with Crippen molar-refractivity contribution in [3.8, 4) is 0 Å². The number of fused-ring (bicyclic) bond motifs is 1. The van der Waals surface area contributed by atoms with Gasteiger partial charge in [-0.3, -0.25) is 9.59 Å². The number of carbonyl (C=O) groups excluding carboxylic acids is 2. The number of nitrogens with zero attached hydrogens (tertiary/aromatic N) is 3. The Balaban J connectivity index is 1.34. The number of amides is 2. The number of hydrazine groups is 1. The highest BCUT2D eigenvalue weighted by Crippen LogP contribution is 2.30. The van der Waals surface area contributed by atoms with E-state index in [2.05, 4.69) is 5.43 Å². The maximum absolute atomic E-state index is 13.1. The van der Waals surface area contributed by atoms with E-state index in [0.29, 0.717) is 19.4 Å². The molecule has 1 N–H and O–H groups in total. The second-order valence-corrected chi connectivity index (χ2v) is 8.19. The first-order valence-electron chi connectivity index (χ1n) is 9.26. The number of thioether (sulfide) groups is 1. The maximum Gasteiger partial charge on any atom is 0.250 e. The van der Waals surface area contributed by atoms with Gasteiger partial charge in [-0.1, -0.05) is 12.1 Å². The van der Waals surface area contributed by atoms with E-state index in [1.54, 1.807) is 23.2 Å². The van der Waals surface area contributed by atoms with Crippen molar-refractivity contribution in [2.24, 2.45) is 0 Å². The minimum Gasteiger partial charge on any atom is -0.341 e. The molecule has 144 valence electrons. The largest absolute Gasteiger partial charge is 0.341 e. The van der Waals surface area contributed by atoms with Crippen molar-refractivity contribution in [3.05, 3.63) is 48.0 Å². The molecule has 27 heavy (non-hydrogen) atoms. The summed E-state index contributed by atoms with van der Waals surface area (Å²) < 4.78 is 13.1. The van der Waals surface area contributed by atoms with Gasteiger partial charge in [-0.05, 0) is 24.1 Å². The molecule has 1 aromatic rings. The van der Waals surface area contributed by atoms with Crippen LogP contribution in [0.5, 0.6) is 0 Å². The lowest BCUT2D eigenvalue weighted by molar-refractivity contribution is -0.136. The first kappa shape index (κ1) is 18.3. The van der Waals surface area contributed by atoms with Crippen molar-refractivity contribution in [2.45, 2.75) is 24.9 Å². The summed E-state index contributed by atoms with van der Waals surface area (Å²) in [5.74, 6) is 1.82. The van der Waals surface area contributed by atoms with Gasteiger partial charge in [0.15, 0.2) is 0 Å². The van der Waals surface area contributed by atoms with E-state index in [1.807, 2.05) is 27.9 Å². The molecule has 6 nitrogen and oxygen atoms in total. The lowest BCUT2D eigenvalue weighted by Crippen LogP contribution is -2.49. The Kier molecular flexibility index (Phi) is 5.36. The third kappa shape index (κ3) is 3.96. The second-order valence-electron chi connectivity index (χ2n) is 6.96. The monoisotopic (exact) mass is 390 g/mol. The molecule has 2 atom stereocenters. The molecule has 0 radical (unpaired) electrons. The molecule has 3 aliphatic heterocycles. The highest BCUT2D eigenvalue weighted by atomic mass is 32.2. The van der Waals surface area contributed by atoms with Crippen LogP contribution in [0.1, 0.15) is 24.4 Å². The number of hydrogen-bond acceptors (Lipinski definition) is 5. The van der Waals surface area contributed by atoms with Gasteiger partial charge in [0, 0.05) is 50.0 Å². The zero-order valence-corrected chi connectivity index (χ0v) is 15.8. The van der Waals surface area contributed by atoms with Crippen molar-refractivity contribution in [2.75, 3.05) is 31.1 Å². The minimum atomic E-state index is -0.299. The molecule has 0 aromatic heterocycles. The molecular weight excluding hydrogens is 367 g/mol. The van der Waals surface area contributed by atoms with E-state index in [-0.39, 0.29) is 29.7 Å². The third-order valence-corrected chi connectivity index (χ3v) is 6.22. The van der Waals surface area contributed by atoms with E-state index in [9.17, 15) is 14.0 Å². The van der Waals surface area contributed by atoms with Crippen molar-refractivity contribution in [1.29, 1.82) is 0 Å². The molecule has 2 fully saturated rings. The van der Waals surface area contributed by atoms with Gasteiger partial charge in [-0.25, -0.2) is 9.82 Å². The summed E-state index contributed by atoms with van der Waals surface area (Å²) in [7, 11) is 0. The molecule has 0 aliphatic carbocycles. The summed E-state index contributed by atoms with van der Waals surface area (Å²) in [6, 6.07) is 6.02. The topological polar surface area (TPSA) is 55.9 Å². The van der Waals surface area contributed by atoms with Crippen LogP contribution in [0, 0.1) is 5.82 Å². The van der Waals surface area contributed by atoms with Crippen LogP contribution < -0.4 is 5.43 Å². The predicted octanol–water partition coefficient (Wildman–Crippen LogP) is 1.72. The zero-order chi connectivity index (χ0) is 18.8. The highest BCUT2D eigenvalue weighted by Gasteiger charge is 2.40. The number of benzene rings is 1. The van der Waals surface area contributed by atoms with Gasteiger partial charge in [0.1, 0.15) is 11.9 Å². The van der Waals surface area contributed by atoms with Crippen molar-refractivity contribution in [3.63, 3.8) is 0 Å². The number of rotatable bonds is 4. The number of hydrogen-bond donors (Lipinski definition) is 1. The molecule has 0 bridgehead atoms. The molecular formula is C19H23FN4O2S. The van der Waals surface area contributed by atoms with Crippen LogP contribution in [-0.2, 0) is 9.59 Å². The van der Waals surface area contributed by atoms with Crippen LogP contribution in [0.25, 0.3) is 0 Å². The molecule has 3 aliphatic rings. The van der Waals surface area contributed by atoms with Gasteiger partial charge >= 0.3 is 0 Å². The highest BCUT2D eigenvalue weighted by molar-refractivity contribution is 7.99. The average Bonchev–Trinajstić information content (AvgIpc) is 3.14. The van der Waals surface area contributed by atoms with Gasteiger partial charge in [-0.15, -0.1) is 0 Å². The smallest absolute Gasteiger partial charge is 0.250 e. The normalized spacial score (nSPS) is 25.1. The number of nitrogens with one attached hydrogen (secondary N) is 1. The Morgan fingerprint density at radius 3 is 2.67 bits per heavy atom. The van der Waals surface area contributed by atoms with Gasteiger partial charge in [0.25, 0.3) is 5.91 Å².